The van der Waals surface area contributed by atoms with Crippen LogP contribution in [0.2, 0.25) is 0 Å². The predicted octanol–water partition coefficient (Wildman–Crippen LogP) is 1.98. The lowest BCUT2D eigenvalue weighted by Crippen LogP contribution is -2.40. The zero-order valence-corrected chi connectivity index (χ0v) is 11.2. The summed E-state index contributed by atoms with van der Waals surface area (Å²) < 4.78 is 18.7. The number of methoxy groups -OCH3 is 1. The van der Waals surface area contributed by atoms with Crippen LogP contribution >= 0.6 is 0 Å². The molecule has 0 saturated carbocycles. The Balaban J connectivity index is 2.92. The van der Waals surface area contributed by atoms with Crippen molar-refractivity contribution in [1.82, 2.24) is 5.32 Å². The quantitative estimate of drug-likeness (QED) is 0.782. The molecule has 1 unspecified atom stereocenters. The second-order valence-electron chi connectivity index (χ2n) is 3.99. The van der Waals surface area contributed by atoms with Gasteiger partial charge in [0.1, 0.15) is 6.04 Å². The zero-order valence-electron chi connectivity index (χ0n) is 11.2. The smallest absolute Gasteiger partial charge is 0.326 e. The van der Waals surface area contributed by atoms with Gasteiger partial charge in [0, 0.05) is 0 Å². The van der Waals surface area contributed by atoms with Gasteiger partial charge in [-0.1, -0.05) is 18.2 Å². The molecule has 2 N–H and O–H groups in total. The SMILES string of the molecule is C/C=C/CC(NC(=O)c1cccc(OC)c1F)C(=O)O. The van der Waals surface area contributed by atoms with Crippen LogP contribution in [0.3, 0.4) is 0 Å². The highest BCUT2D eigenvalue weighted by Crippen LogP contribution is 2.19. The van der Waals surface area contributed by atoms with E-state index in [0.29, 0.717) is 0 Å². The fraction of sp³-hybridized carbons (Fsp3) is 0.286. The second-order valence-corrected chi connectivity index (χ2v) is 3.99. The lowest BCUT2D eigenvalue weighted by atomic mass is 10.1. The molecule has 0 spiro atoms. The van der Waals surface area contributed by atoms with Crippen LogP contribution in [0.15, 0.2) is 30.4 Å². The van der Waals surface area contributed by atoms with Gasteiger partial charge in [0.15, 0.2) is 11.6 Å². The van der Waals surface area contributed by atoms with Crippen LogP contribution in [0.25, 0.3) is 0 Å². The lowest BCUT2D eigenvalue weighted by Gasteiger charge is -2.13. The maximum absolute atomic E-state index is 13.9. The summed E-state index contributed by atoms with van der Waals surface area (Å²) in [6.45, 7) is 1.74. The predicted molar refractivity (Wildman–Crippen MR) is 71.3 cm³/mol. The van der Waals surface area contributed by atoms with Gasteiger partial charge in [-0.05, 0) is 25.5 Å². The number of rotatable bonds is 6. The van der Waals surface area contributed by atoms with Crippen LogP contribution in [-0.4, -0.2) is 30.1 Å². The number of carboxylic acids is 1. The molecule has 0 fully saturated rings. The van der Waals surface area contributed by atoms with E-state index < -0.39 is 23.7 Å². The van der Waals surface area contributed by atoms with Gasteiger partial charge >= 0.3 is 5.97 Å². The summed E-state index contributed by atoms with van der Waals surface area (Å²) in [5.41, 5.74) is -0.254. The molecule has 20 heavy (non-hydrogen) atoms. The molecule has 0 aromatic heterocycles. The van der Waals surface area contributed by atoms with E-state index in [-0.39, 0.29) is 17.7 Å². The average molecular weight is 281 g/mol. The van der Waals surface area contributed by atoms with E-state index in [1.54, 1.807) is 19.1 Å². The molecule has 0 saturated heterocycles. The minimum atomic E-state index is -1.18. The van der Waals surface area contributed by atoms with Crippen molar-refractivity contribution >= 4 is 11.9 Å². The first kappa shape index (κ1) is 15.7. The molecule has 1 amide bonds. The Bertz CT molecular complexity index is 528. The Kier molecular flexibility index (Phi) is 5.71. The molecule has 0 aliphatic rings. The monoisotopic (exact) mass is 281 g/mol. The van der Waals surface area contributed by atoms with Gasteiger partial charge in [-0.25, -0.2) is 9.18 Å². The molecule has 0 heterocycles. The van der Waals surface area contributed by atoms with Crippen molar-refractivity contribution in [2.45, 2.75) is 19.4 Å². The summed E-state index contributed by atoms with van der Waals surface area (Å²) in [6, 6.07) is 2.99. The molecule has 1 aromatic rings. The van der Waals surface area contributed by atoms with Crippen LogP contribution < -0.4 is 10.1 Å². The molecule has 0 radical (unpaired) electrons. The number of hydrogen-bond acceptors (Lipinski definition) is 3. The first-order chi connectivity index (χ1) is 9.51. The Morgan fingerprint density at radius 2 is 2.20 bits per heavy atom. The third-order valence-electron chi connectivity index (χ3n) is 2.64. The van der Waals surface area contributed by atoms with E-state index in [2.05, 4.69) is 5.32 Å². The van der Waals surface area contributed by atoms with E-state index in [0.717, 1.165) is 0 Å². The average Bonchev–Trinajstić information content (AvgIpc) is 2.43. The summed E-state index contributed by atoms with van der Waals surface area (Å²) in [4.78, 5) is 22.9. The van der Waals surface area contributed by atoms with E-state index in [1.807, 2.05) is 0 Å². The Hall–Kier alpha value is -2.37. The van der Waals surface area contributed by atoms with E-state index in [1.165, 1.54) is 25.3 Å². The fourth-order valence-electron chi connectivity index (χ4n) is 1.57. The molecular formula is C14H16FNO4. The summed E-state index contributed by atoms with van der Waals surface area (Å²) in [7, 11) is 1.28. The number of nitrogens with one attached hydrogen (secondary N) is 1. The molecule has 1 aromatic carbocycles. The van der Waals surface area contributed by atoms with Crippen molar-refractivity contribution in [2.24, 2.45) is 0 Å². The Labute approximate surface area is 116 Å². The number of aliphatic carboxylic acids is 1. The first-order valence-electron chi connectivity index (χ1n) is 5.98. The van der Waals surface area contributed by atoms with E-state index >= 15 is 0 Å². The normalized spacial score (nSPS) is 12.2. The number of carbonyl (C=O) groups is 2. The van der Waals surface area contributed by atoms with E-state index in [4.69, 9.17) is 9.84 Å². The number of carboxylic acid groups (broad SMARTS) is 1. The highest BCUT2D eigenvalue weighted by Gasteiger charge is 2.22. The van der Waals surface area contributed by atoms with Crippen LogP contribution in [0.4, 0.5) is 4.39 Å². The van der Waals surface area contributed by atoms with Crippen LogP contribution in [0.5, 0.6) is 5.75 Å². The number of benzene rings is 1. The Morgan fingerprint density at radius 1 is 1.50 bits per heavy atom. The van der Waals surface area contributed by atoms with Gasteiger partial charge in [-0.3, -0.25) is 4.79 Å². The van der Waals surface area contributed by atoms with Crippen molar-refractivity contribution in [1.29, 1.82) is 0 Å². The number of hydrogen-bond donors (Lipinski definition) is 2. The molecule has 0 aliphatic heterocycles. The number of carbonyl (C=O) groups excluding carboxylic acids is 1. The number of amides is 1. The largest absolute Gasteiger partial charge is 0.494 e. The number of halogens is 1. The maximum Gasteiger partial charge on any atom is 0.326 e. The van der Waals surface area contributed by atoms with Gasteiger partial charge in [-0.15, -0.1) is 0 Å². The first-order valence-corrected chi connectivity index (χ1v) is 5.98. The van der Waals surface area contributed by atoms with Crippen molar-refractivity contribution in [3.05, 3.63) is 41.7 Å². The van der Waals surface area contributed by atoms with Gasteiger partial charge in [-0.2, -0.15) is 0 Å². The third-order valence-corrected chi connectivity index (χ3v) is 2.64. The van der Waals surface area contributed by atoms with Gasteiger partial charge < -0.3 is 15.2 Å². The summed E-state index contributed by atoms with van der Waals surface area (Å²) in [5.74, 6) is -2.86. The summed E-state index contributed by atoms with van der Waals surface area (Å²) in [6.07, 6.45) is 3.42. The molecule has 0 aliphatic carbocycles. The standard InChI is InChI=1S/C14H16FNO4/c1-3-4-7-10(14(18)19)16-13(17)9-6-5-8-11(20-2)12(9)15/h3-6,8,10H,7H2,1-2H3,(H,16,17)(H,18,19)/b4-3+. The number of allylic oxidation sites excluding steroid dienone is 1. The molecule has 1 rings (SSSR count). The second kappa shape index (κ2) is 7.28. The minimum absolute atomic E-state index is 0.0713. The van der Waals surface area contributed by atoms with Crippen LogP contribution in [-0.2, 0) is 4.79 Å². The van der Waals surface area contributed by atoms with Crippen molar-refractivity contribution < 1.29 is 23.8 Å². The molecule has 5 nitrogen and oxygen atoms in total. The minimum Gasteiger partial charge on any atom is -0.494 e. The highest BCUT2D eigenvalue weighted by molar-refractivity contribution is 5.97. The lowest BCUT2D eigenvalue weighted by molar-refractivity contribution is -0.139. The summed E-state index contributed by atoms with van der Waals surface area (Å²) in [5, 5.41) is 11.3. The molecule has 108 valence electrons. The number of ether oxygens (including phenoxy) is 1. The van der Waals surface area contributed by atoms with Crippen molar-refractivity contribution in [2.75, 3.05) is 7.11 Å². The maximum atomic E-state index is 13.9. The van der Waals surface area contributed by atoms with Gasteiger partial charge in [0.05, 0.1) is 12.7 Å². The van der Waals surface area contributed by atoms with Crippen LogP contribution in [0.1, 0.15) is 23.7 Å². The van der Waals surface area contributed by atoms with E-state index in [9.17, 15) is 14.0 Å². The molecular weight excluding hydrogens is 265 g/mol. The molecule has 6 heteroatoms. The fourth-order valence-corrected chi connectivity index (χ4v) is 1.57. The topological polar surface area (TPSA) is 75.6 Å². The van der Waals surface area contributed by atoms with Gasteiger partial charge in [0.2, 0.25) is 0 Å². The molecule has 0 bridgehead atoms. The van der Waals surface area contributed by atoms with Gasteiger partial charge in [0.25, 0.3) is 5.91 Å². The zero-order chi connectivity index (χ0) is 15.1. The Morgan fingerprint density at radius 3 is 2.75 bits per heavy atom. The third kappa shape index (κ3) is 3.81. The van der Waals surface area contributed by atoms with Crippen molar-refractivity contribution in [3.63, 3.8) is 0 Å². The molecule has 1 atom stereocenters. The highest BCUT2D eigenvalue weighted by atomic mass is 19.1. The van der Waals surface area contributed by atoms with Crippen LogP contribution in [0, 0.1) is 5.82 Å². The van der Waals surface area contributed by atoms with Crippen molar-refractivity contribution in [3.8, 4) is 5.75 Å². The summed E-state index contributed by atoms with van der Waals surface area (Å²) >= 11 is 0.